The second-order valence-electron chi connectivity index (χ2n) is 5.16. The molecule has 7 heteroatoms. The summed E-state index contributed by atoms with van der Waals surface area (Å²) in [6, 6.07) is 7.89. The summed E-state index contributed by atoms with van der Waals surface area (Å²) in [4.78, 5) is 8.82. The second-order valence-corrected chi connectivity index (χ2v) is 7.34. The lowest BCUT2D eigenvalue weighted by Crippen LogP contribution is -1.81. The van der Waals surface area contributed by atoms with E-state index in [-0.39, 0.29) is 0 Å². The minimum atomic E-state index is 0.722. The molecule has 0 radical (unpaired) electrons. The molecule has 112 valence electrons. The van der Waals surface area contributed by atoms with Crippen LogP contribution in [-0.4, -0.2) is 19.6 Å². The second kappa shape index (κ2) is 4.92. The van der Waals surface area contributed by atoms with Crippen LogP contribution < -0.4 is 0 Å². The normalized spacial score (nSPS) is 11.7. The zero-order valence-electron chi connectivity index (χ0n) is 11.7. The maximum absolute atomic E-state index is 6.12. The number of imidazole rings is 1. The van der Waals surface area contributed by atoms with Gasteiger partial charge in [-0.2, -0.15) is 16.4 Å². The van der Waals surface area contributed by atoms with Gasteiger partial charge in [0, 0.05) is 38.6 Å². The van der Waals surface area contributed by atoms with Gasteiger partial charge in [0.1, 0.15) is 5.01 Å². The van der Waals surface area contributed by atoms with Crippen LogP contribution >= 0.6 is 34.3 Å². The van der Waals surface area contributed by atoms with Crippen LogP contribution in [0.25, 0.3) is 37.7 Å². The highest BCUT2D eigenvalue weighted by Crippen LogP contribution is 2.34. The number of rotatable bonds is 2. The Morgan fingerprint density at radius 1 is 1.22 bits per heavy atom. The Labute approximate surface area is 144 Å². The lowest BCUT2D eigenvalue weighted by molar-refractivity contribution is 0.979. The van der Waals surface area contributed by atoms with Crippen LogP contribution in [0.2, 0.25) is 5.02 Å². The summed E-state index contributed by atoms with van der Waals surface area (Å²) in [5, 5.41) is 11.6. The van der Waals surface area contributed by atoms with Gasteiger partial charge in [-0.3, -0.25) is 0 Å². The van der Waals surface area contributed by atoms with Gasteiger partial charge < -0.3 is 4.98 Å². The van der Waals surface area contributed by atoms with Crippen LogP contribution in [0.4, 0.5) is 0 Å². The maximum atomic E-state index is 6.12. The predicted molar refractivity (Wildman–Crippen MR) is 96.5 cm³/mol. The summed E-state index contributed by atoms with van der Waals surface area (Å²) in [7, 11) is 0. The fourth-order valence-electron chi connectivity index (χ4n) is 2.63. The summed E-state index contributed by atoms with van der Waals surface area (Å²) >= 11 is 9.37. The average molecular weight is 357 g/mol. The zero-order chi connectivity index (χ0) is 15.4. The monoisotopic (exact) mass is 356 g/mol. The number of hydrogen-bond acceptors (Lipinski definition) is 4. The van der Waals surface area contributed by atoms with E-state index in [1.165, 1.54) is 0 Å². The molecule has 0 saturated heterocycles. The van der Waals surface area contributed by atoms with Crippen molar-refractivity contribution in [2.45, 2.75) is 0 Å². The van der Waals surface area contributed by atoms with Gasteiger partial charge >= 0.3 is 0 Å². The fourth-order valence-corrected chi connectivity index (χ4v) is 4.36. The van der Waals surface area contributed by atoms with Crippen LogP contribution in [0.3, 0.4) is 0 Å². The molecule has 4 heterocycles. The number of H-pyrrole nitrogens is 1. The largest absolute Gasteiger partial charge is 0.360 e. The summed E-state index contributed by atoms with van der Waals surface area (Å²) in [5.41, 5.74) is 4.19. The smallest absolute Gasteiger partial charge is 0.213 e. The number of aromatic amines is 1. The number of fused-ring (bicyclic) bond motifs is 2. The molecule has 5 aromatic rings. The molecule has 0 aliphatic heterocycles. The van der Waals surface area contributed by atoms with Crippen molar-refractivity contribution in [3.63, 3.8) is 0 Å². The highest BCUT2D eigenvalue weighted by Gasteiger charge is 2.14. The third-order valence-electron chi connectivity index (χ3n) is 3.73. The number of aromatic nitrogens is 4. The minimum absolute atomic E-state index is 0.722. The third-order valence-corrected chi connectivity index (χ3v) is 5.61. The van der Waals surface area contributed by atoms with Gasteiger partial charge in [-0.05, 0) is 29.6 Å². The first-order valence-electron chi connectivity index (χ1n) is 6.94. The highest BCUT2D eigenvalue weighted by molar-refractivity contribution is 7.20. The molecule has 0 aliphatic rings. The lowest BCUT2D eigenvalue weighted by Gasteiger charge is -1.94. The van der Waals surface area contributed by atoms with Gasteiger partial charge in [-0.1, -0.05) is 22.9 Å². The van der Waals surface area contributed by atoms with E-state index in [9.17, 15) is 0 Å². The number of nitrogens with zero attached hydrogens (tertiary/aromatic N) is 3. The van der Waals surface area contributed by atoms with Crippen LogP contribution in [0.1, 0.15) is 0 Å². The Bertz CT molecular complexity index is 1100. The molecule has 5 rings (SSSR count). The van der Waals surface area contributed by atoms with Crippen molar-refractivity contribution in [1.29, 1.82) is 0 Å². The summed E-state index contributed by atoms with van der Waals surface area (Å²) in [6.45, 7) is 0. The van der Waals surface area contributed by atoms with E-state index in [1.54, 1.807) is 22.7 Å². The Morgan fingerprint density at radius 3 is 3.00 bits per heavy atom. The van der Waals surface area contributed by atoms with E-state index in [4.69, 9.17) is 11.6 Å². The van der Waals surface area contributed by atoms with Gasteiger partial charge in [0.15, 0.2) is 0 Å². The predicted octanol–water partition coefficient (Wildman–Crippen LogP) is 5.32. The molecule has 4 aromatic heterocycles. The van der Waals surface area contributed by atoms with Crippen LogP contribution in [0.5, 0.6) is 0 Å². The molecule has 0 unspecified atom stereocenters. The van der Waals surface area contributed by atoms with Gasteiger partial charge in [0.25, 0.3) is 0 Å². The van der Waals surface area contributed by atoms with Crippen molar-refractivity contribution in [1.82, 2.24) is 19.6 Å². The average Bonchev–Trinajstić information content (AvgIpc) is 3.28. The quantitative estimate of drug-likeness (QED) is 0.465. The lowest BCUT2D eigenvalue weighted by atomic mass is 10.2. The Hall–Kier alpha value is -2.15. The van der Waals surface area contributed by atoms with Crippen molar-refractivity contribution >= 4 is 50.1 Å². The standard InChI is InChI=1S/C16H9ClN4S2/c17-10-1-2-13-11(5-10)12(6-18-13)15-20-21-7-14(19-16(21)23-15)9-3-4-22-8-9/h1-8,18H. The summed E-state index contributed by atoms with van der Waals surface area (Å²) in [5.74, 6) is 0. The first kappa shape index (κ1) is 13.3. The fraction of sp³-hybridized carbons (Fsp3) is 0. The van der Waals surface area contributed by atoms with Crippen LogP contribution in [-0.2, 0) is 0 Å². The number of nitrogens with one attached hydrogen (secondary N) is 1. The number of thiophene rings is 1. The molecule has 0 atom stereocenters. The van der Waals surface area contributed by atoms with Gasteiger partial charge in [0.2, 0.25) is 4.96 Å². The van der Waals surface area contributed by atoms with E-state index >= 15 is 0 Å². The molecule has 0 spiro atoms. The van der Waals surface area contributed by atoms with E-state index in [0.29, 0.717) is 0 Å². The van der Waals surface area contributed by atoms with Crippen molar-refractivity contribution in [2.24, 2.45) is 0 Å². The molecular weight excluding hydrogens is 348 g/mol. The molecule has 4 nitrogen and oxygen atoms in total. The number of halogens is 1. The molecular formula is C16H9ClN4S2. The SMILES string of the molecule is Clc1ccc2[nH]cc(-c3nn4cc(-c5ccsc5)nc4s3)c2c1. The molecule has 23 heavy (non-hydrogen) atoms. The Balaban J connectivity index is 1.65. The first-order chi connectivity index (χ1) is 11.3. The van der Waals surface area contributed by atoms with Crippen molar-refractivity contribution in [3.8, 4) is 21.8 Å². The minimum Gasteiger partial charge on any atom is -0.360 e. The van der Waals surface area contributed by atoms with Gasteiger partial charge in [-0.15, -0.1) is 0 Å². The van der Waals surface area contributed by atoms with Crippen LogP contribution in [0, 0.1) is 0 Å². The van der Waals surface area contributed by atoms with E-state index in [2.05, 4.69) is 31.9 Å². The molecule has 0 fully saturated rings. The molecule has 0 aliphatic carbocycles. The zero-order valence-corrected chi connectivity index (χ0v) is 14.0. The molecule has 1 N–H and O–H groups in total. The van der Waals surface area contributed by atoms with Gasteiger partial charge in [-0.25, -0.2) is 9.50 Å². The molecule has 0 amide bonds. The first-order valence-corrected chi connectivity index (χ1v) is 9.07. The third kappa shape index (κ3) is 2.10. The number of benzene rings is 1. The summed E-state index contributed by atoms with van der Waals surface area (Å²) < 4.78 is 1.84. The van der Waals surface area contributed by atoms with Crippen molar-refractivity contribution in [3.05, 3.63) is 52.4 Å². The van der Waals surface area contributed by atoms with E-state index in [1.807, 2.05) is 35.1 Å². The molecule has 0 saturated carbocycles. The van der Waals surface area contributed by atoms with Crippen molar-refractivity contribution in [2.75, 3.05) is 0 Å². The Kier molecular flexibility index (Phi) is 2.85. The van der Waals surface area contributed by atoms with E-state index < -0.39 is 0 Å². The Morgan fingerprint density at radius 2 is 2.17 bits per heavy atom. The highest BCUT2D eigenvalue weighted by atomic mass is 35.5. The van der Waals surface area contributed by atoms with E-state index in [0.717, 1.165) is 42.7 Å². The van der Waals surface area contributed by atoms with Crippen LogP contribution in [0.15, 0.2) is 47.4 Å². The summed E-state index contributed by atoms with van der Waals surface area (Å²) in [6.07, 6.45) is 3.94. The molecule has 1 aromatic carbocycles. The van der Waals surface area contributed by atoms with Gasteiger partial charge in [0.05, 0.1) is 11.9 Å². The number of hydrogen-bond donors (Lipinski definition) is 1. The topological polar surface area (TPSA) is 46.0 Å². The maximum Gasteiger partial charge on any atom is 0.213 e. The van der Waals surface area contributed by atoms with Crippen molar-refractivity contribution < 1.29 is 0 Å². The molecule has 0 bridgehead atoms.